The first-order chi connectivity index (χ1) is 12.8. The van der Waals surface area contributed by atoms with Crippen molar-refractivity contribution in [2.24, 2.45) is 0 Å². The number of para-hydroxylation sites is 2. The molecule has 1 fully saturated rings. The molecule has 2 aromatic carbocycles. The van der Waals surface area contributed by atoms with Crippen LogP contribution in [-0.2, 0) is 0 Å². The van der Waals surface area contributed by atoms with E-state index < -0.39 is 0 Å². The zero-order valence-corrected chi connectivity index (χ0v) is 14.8. The summed E-state index contributed by atoms with van der Waals surface area (Å²) in [7, 11) is 0. The Bertz CT molecular complexity index is 913. The van der Waals surface area contributed by atoms with Crippen molar-refractivity contribution in [2.75, 3.05) is 37.7 Å². The van der Waals surface area contributed by atoms with Crippen LogP contribution in [0.15, 0.2) is 48.8 Å². The third-order valence-corrected chi connectivity index (χ3v) is 4.74. The molecule has 1 aliphatic heterocycles. The molecule has 1 N–H and O–H groups in total. The van der Waals surface area contributed by atoms with Gasteiger partial charge in [0.25, 0.3) is 5.91 Å². The number of rotatable bonds is 4. The SMILES string of the molecule is CCOc1ccccc1N1CCN(C(=O)c2ccc3nc[nH]c3c2)CC1. The predicted molar refractivity (Wildman–Crippen MR) is 102 cm³/mol. The molecular weight excluding hydrogens is 328 g/mol. The van der Waals surface area contributed by atoms with E-state index in [9.17, 15) is 4.79 Å². The molecule has 6 heteroatoms. The Labute approximate surface area is 152 Å². The van der Waals surface area contributed by atoms with E-state index in [1.807, 2.05) is 48.2 Å². The maximum absolute atomic E-state index is 12.8. The van der Waals surface area contributed by atoms with Crippen molar-refractivity contribution in [3.05, 3.63) is 54.4 Å². The molecule has 2 heterocycles. The monoisotopic (exact) mass is 350 g/mol. The van der Waals surface area contributed by atoms with Gasteiger partial charge in [-0.1, -0.05) is 12.1 Å². The summed E-state index contributed by atoms with van der Waals surface area (Å²) in [5.74, 6) is 0.971. The number of nitrogens with zero attached hydrogens (tertiary/aromatic N) is 3. The number of hydrogen-bond donors (Lipinski definition) is 1. The normalized spacial score (nSPS) is 14.7. The van der Waals surface area contributed by atoms with Gasteiger partial charge in [-0.15, -0.1) is 0 Å². The van der Waals surface area contributed by atoms with Crippen molar-refractivity contribution >= 4 is 22.6 Å². The van der Waals surface area contributed by atoms with Crippen molar-refractivity contribution in [3.8, 4) is 5.75 Å². The Morgan fingerprint density at radius 3 is 2.77 bits per heavy atom. The van der Waals surface area contributed by atoms with Crippen molar-refractivity contribution in [2.45, 2.75) is 6.92 Å². The molecule has 4 rings (SSSR count). The lowest BCUT2D eigenvalue weighted by atomic mass is 10.1. The summed E-state index contributed by atoms with van der Waals surface area (Å²) in [6.45, 7) is 5.61. The summed E-state index contributed by atoms with van der Waals surface area (Å²) >= 11 is 0. The van der Waals surface area contributed by atoms with E-state index in [-0.39, 0.29) is 5.91 Å². The molecule has 1 aromatic heterocycles. The van der Waals surface area contributed by atoms with E-state index in [0.717, 1.165) is 35.6 Å². The number of fused-ring (bicyclic) bond motifs is 1. The number of anilines is 1. The lowest BCUT2D eigenvalue weighted by molar-refractivity contribution is 0.0747. The first-order valence-electron chi connectivity index (χ1n) is 8.95. The second-order valence-electron chi connectivity index (χ2n) is 6.31. The van der Waals surface area contributed by atoms with E-state index in [2.05, 4.69) is 20.9 Å². The van der Waals surface area contributed by atoms with Gasteiger partial charge in [0.1, 0.15) is 5.75 Å². The molecule has 0 spiro atoms. The molecule has 0 bridgehead atoms. The minimum Gasteiger partial charge on any atom is -0.492 e. The van der Waals surface area contributed by atoms with Crippen molar-refractivity contribution < 1.29 is 9.53 Å². The third-order valence-electron chi connectivity index (χ3n) is 4.74. The van der Waals surface area contributed by atoms with Crippen LogP contribution in [0.4, 0.5) is 5.69 Å². The largest absolute Gasteiger partial charge is 0.492 e. The number of ether oxygens (including phenoxy) is 1. The minimum absolute atomic E-state index is 0.0687. The Balaban J connectivity index is 1.45. The van der Waals surface area contributed by atoms with Crippen molar-refractivity contribution in [3.63, 3.8) is 0 Å². The maximum atomic E-state index is 12.8. The molecule has 1 saturated heterocycles. The number of benzene rings is 2. The average Bonchev–Trinajstić information content (AvgIpc) is 3.16. The smallest absolute Gasteiger partial charge is 0.254 e. The van der Waals surface area contributed by atoms with E-state index in [1.165, 1.54) is 0 Å². The van der Waals surface area contributed by atoms with E-state index >= 15 is 0 Å². The van der Waals surface area contributed by atoms with Crippen molar-refractivity contribution in [1.29, 1.82) is 0 Å². The minimum atomic E-state index is 0.0687. The van der Waals surface area contributed by atoms with E-state index in [0.29, 0.717) is 25.3 Å². The van der Waals surface area contributed by atoms with Gasteiger partial charge in [-0.2, -0.15) is 0 Å². The quantitative estimate of drug-likeness (QED) is 0.786. The van der Waals surface area contributed by atoms with Crippen molar-refractivity contribution in [1.82, 2.24) is 14.9 Å². The van der Waals surface area contributed by atoms with Gasteiger partial charge < -0.3 is 19.5 Å². The molecule has 26 heavy (non-hydrogen) atoms. The molecule has 0 aliphatic carbocycles. The lowest BCUT2D eigenvalue weighted by Crippen LogP contribution is -2.48. The number of aromatic nitrogens is 2. The van der Waals surface area contributed by atoms with Crippen LogP contribution in [0.1, 0.15) is 17.3 Å². The molecule has 1 amide bonds. The fourth-order valence-corrected chi connectivity index (χ4v) is 3.40. The number of amides is 1. The molecule has 134 valence electrons. The average molecular weight is 350 g/mol. The Kier molecular flexibility index (Phi) is 4.48. The predicted octanol–water partition coefficient (Wildman–Crippen LogP) is 2.92. The zero-order valence-electron chi connectivity index (χ0n) is 14.8. The van der Waals surface area contributed by atoms with Gasteiger partial charge in [-0.05, 0) is 37.3 Å². The van der Waals surface area contributed by atoms with Crippen LogP contribution < -0.4 is 9.64 Å². The van der Waals surface area contributed by atoms with E-state index in [1.54, 1.807) is 6.33 Å². The summed E-state index contributed by atoms with van der Waals surface area (Å²) in [6.07, 6.45) is 1.65. The molecule has 1 aliphatic rings. The van der Waals surface area contributed by atoms with Gasteiger partial charge >= 0.3 is 0 Å². The third kappa shape index (κ3) is 3.10. The topological polar surface area (TPSA) is 61.5 Å². The van der Waals surface area contributed by atoms with Crippen LogP contribution >= 0.6 is 0 Å². The van der Waals surface area contributed by atoms with Crippen LogP contribution in [0.25, 0.3) is 11.0 Å². The molecule has 0 radical (unpaired) electrons. The second-order valence-corrected chi connectivity index (χ2v) is 6.31. The Hall–Kier alpha value is -3.02. The van der Waals surface area contributed by atoms with Gasteiger partial charge in [0.05, 0.1) is 29.7 Å². The van der Waals surface area contributed by atoms with Gasteiger partial charge in [-0.25, -0.2) is 4.98 Å². The van der Waals surface area contributed by atoms with Gasteiger partial charge in [0.15, 0.2) is 0 Å². The highest BCUT2D eigenvalue weighted by Crippen LogP contribution is 2.29. The highest BCUT2D eigenvalue weighted by atomic mass is 16.5. The number of hydrogen-bond acceptors (Lipinski definition) is 4. The van der Waals surface area contributed by atoms with Crippen LogP contribution in [-0.4, -0.2) is 53.6 Å². The van der Waals surface area contributed by atoms with Crippen LogP contribution in [0.3, 0.4) is 0 Å². The molecule has 0 saturated carbocycles. The number of aromatic amines is 1. The first kappa shape index (κ1) is 16.4. The number of piperazine rings is 1. The van der Waals surface area contributed by atoms with Gasteiger partial charge in [0, 0.05) is 31.7 Å². The fourth-order valence-electron chi connectivity index (χ4n) is 3.40. The maximum Gasteiger partial charge on any atom is 0.254 e. The molecule has 3 aromatic rings. The molecule has 0 atom stereocenters. The summed E-state index contributed by atoms with van der Waals surface area (Å²) in [5, 5.41) is 0. The molecule has 0 unspecified atom stereocenters. The number of nitrogens with one attached hydrogen (secondary N) is 1. The second kappa shape index (κ2) is 7.07. The number of imidazole rings is 1. The molecule has 6 nitrogen and oxygen atoms in total. The van der Waals surface area contributed by atoms with Crippen LogP contribution in [0.2, 0.25) is 0 Å². The number of carbonyl (C=O) groups is 1. The first-order valence-corrected chi connectivity index (χ1v) is 8.95. The number of carbonyl (C=O) groups excluding carboxylic acids is 1. The highest BCUT2D eigenvalue weighted by Gasteiger charge is 2.24. The lowest BCUT2D eigenvalue weighted by Gasteiger charge is -2.36. The highest BCUT2D eigenvalue weighted by molar-refractivity contribution is 5.97. The van der Waals surface area contributed by atoms with Gasteiger partial charge in [0.2, 0.25) is 0 Å². The van der Waals surface area contributed by atoms with Crippen LogP contribution in [0.5, 0.6) is 5.75 Å². The van der Waals surface area contributed by atoms with E-state index in [4.69, 9.17) is 4.74 Å². The standard InChI is InChI=1S/C20H22N4O2/c1-2-26-19-6-4-3-5-18(19)23-9-11-24(12-10-23)20(25)15-7-8-16-17(13-15)22-14-21-16/h3-8,13-14H,2,9-12H2,1H3,(H,21,22). The number of H-pyrrole nitrogens is 1. The summed E-state index contributed by atoms with van der Waals surface area (Å²) in [6, 6.07) is 13.7. The summed E-state index contributed by atoms with van der Waals surface area (Å²) in [4.78, 5) is 24.3. The fraction of sp³-hybridized carbons (Fsp3) is 0.300. The van der Waals surface area contributed by atoms with Gasteiger partial charge in [-0.3, -0.25) is 4.79 Å². The Morgan fingerprint density at radius 1 is 1.15 bits per heavy atom. The Morgan fingerprint density at radius 2 is 1.96 bits per heavy atom. The summed E-state index contributed by atoms with van der Waals surface area (Å²) < 4.78 is 5.74. The zero-order chi connectivity index (χ0) is 17.9. The summed E-state index contributed by atoms with van der Waals surface area (Å²) in [5.41, 5.74) is 3.56. The van der Waals surface area contributed by atoms with Crippen LogP contribution in [0, 0.1) is 0 Å². The molecular formula is C20H22N4O2.